The third-order valence-corrected chi connectivity index (χ3v) is 2.69. The van der Waals surface area contributed by atoms with Crippen LogP contribution in [-0.2, 0) is 0 Å². The Morgan fingerprint density at radius 1 is 1.08 bits per heavy atom. The first-order chi connectivity index (χ1) is 4.93. The second-order valence-electron chi connectivity index (χ2n) is 3.65. The van der Waals surface area contributed by atoms with Gasteiger partial charge in [0.25, 0.3) is 0 Å². The summed E-state index contributed by atoms with van der Waals surface area (Å²) in [5.74, 6) is 1.12. The van der Waals surface area contributed by atoms with Crippen LogP contribution in [0.4, 0.5) is 0 Å². The summed E-state index contributed by atoms with van der Waals surface area (Å²) in [5.41, 5.74) is 0. The first-order valence-corrected chi connectivity index (χ1v) is 4.93. The Kier molecular flexibility index (Phi) is 14.4. The minimum Gasteiger partial charge on any atom is -0.358 e. The van der Waals surface area contributed by atoms with E-state index in [1.54, 1.807) is 0 Å². The van der Waals surface area contributed by atoms with Gasteiger partial charge in [-0.05, 0) is 5.92 Å². The Balaban J connectivity index is 0. The zero-order valence-electron chi connectivity index (χ0n) is 9.23. The molecular weight excluding hydrogens is 171 g/mol. The SMILES string of the molecule is CCCCCC1CCCC1.[CH3-].[K+]. The number of unbranched alkanes of at least 4 members (excludes halogenated alkanes) is 2. The van der Waals surface area contributed by atoms with Gasteiger partial charge in [-0.3, -0.25) is 0 Å². The molecule has 0 N–H and O–H groups in total. The van der Waals surface area contributed by atoms with E-state index in [4.69, 9.17) is 0 Å². The minimum absolute atomic E-state index is 0. The van der Waals surface area contributed by atoms with Crippen LogP contribution < -0.4 is 51.4 Å². The molecule has 0 nitrogen and oxygen atoms in total. The van der Waals surface area contributed by atoms with Crippen molar-refractivity contribution < 1.29 is 51.4 Å². The molecule has 0 aromatic rings. The molecule has 0 amide bonds. The molecule has 1 fully saturated rings. The zero-order valence-corrected chi connectivity index (χ0v) is 12.4. The zero-order chi connectivity index (χ0) is 7.23. The standard InChI is InChI=1S/C10H20.CH3.K/c1-2-3-4-7-10-8-5-6-9-10;;/h10H,2-9H2,1H3;1H3;/q;-1;+1. The summed E-state index contributed by atoms with van der Waals surface area (Å²) in [6.45, 7) is 2.29. The summed E-state index contributed by atoms with van der Waals surface area (Å²) in [4.78, 5) is 0. The van der Waals surface area contributed by atoms with Gasteiger partial charge in [0.05, 0.1) is 0 Å². The van der Waals surface area contributed by atoms with Crippen molar-refractivity contribution in [2.24, 2.45) is 5.92 Å². The van der Waals surface area contributed by atoms with Crippen molar-refractivity contribution >= 4 is 0 Å². The van der Waals surface area contributed by atoms with Gasteiger partial charge in [0.2, 0.25) is 0 Å². The third kappa shape index (κ3) is 7.08. The van der Waals surface area contributed by atoms with Crippen molar-refractivity contribution in [3.8, 4) is 0 Å². The van der Waals surface area contributed by atoms with Crippen LogP contribution in [0.3, 0.4) is 0 Å². The molecule has 0 bridgehead atoms. The molecule has 1 aliphatic rings. The van der Waals surface area contributed by atoms with Gasteiger partial charge in [-0.1, -0.05) is 58.3 Å². The average Bonchev–Trinajstić information content (AvgIpc) is 2.41. The van der Waals surface area contributed by atoms with E-state index in [1.807, 2.05) is 0 Å². The maximum Gasteiger partial charge on any atom is 1.00 e. The average molecular weight is 194 g/mol. The van der Waals surface area contributed by atoms with Crippen LogP contribution in [0.25, 0.3) is 0 Å². The summed E-state index contributed by atoms with van der Waals surface area (Å²) in [6, 6.07) is 0. The van der Waals surface area contributed by atoms with Gasteiger partial charge in [0, 0.05) is 0 Å². The van der Waals surface area contributed by atoms with E-state index < -0.39 is 0 Å². The molecule has 1 aliphatic carbocycles. The second-order valence-corrected chi connectivity index (χ2v) is 3.65. The monoisotopic (exact) mass is 194 g/mol. The van der Waals surface area contributed by atoms with Crippen LogP contribution in [0.1, 0.15) is 58.3 Å². The molecule has 0 aromatic heterocycles. The third-order valence-electron chi connectivity index (χ3n) is 2.69. The number of hydrogen-bond acceptors (Lipinski definition) is 0. The van der Waals surface area contributed by atoms with Crippen LogP contribution in [0, 0.1) is 13.3 Å². The Morgan fingerprint density at radius 3 is 2.17 bits per heavy atom. The van der Waals surface area contributed by atoms with Crippen molar-refractivity contribution in [3.63, 3.8) is 0 Å². The molecule has 0 spiro atoms. The van der Waals surface area contributed by atoms with Gasteiger partial charge >= 0.3 is 51.4 Å². The molecule has 1 saturated carbocycles. The summed E-state index contributed by atoms with van der Waals surface area (Å²) >= 11 is 0. The minimum atomic E-state index is 0. The number of hydrogen-bond donors (Lipinski definition) is 0. The normalized spacial score (nSPS) is 16.8. The first-order valence-electron chi connectivity index (χ1n) is 4.93. The number of rotatable bonds is 4. The van der Waals surface area contributed by atoms with Gasteiger partial charge in [0.1, 0.15) is 0 Å². The fourth-order valence-electron chi connectivity index (χ4n) is 1.98. The van der Waals surface area contributed by atoms with Gasteiger partial charge in [-0.25, -0.2) is 0 Å². The van der Waals surface area contributed by atoms with E-state index >= 15 is 0 Å². The second kappa shape index (κ2) is 10.7. The predicted molar refractivity (Wildman–Crippen MR) is 52.5 cm³/mol. The van der Waals surface area contributed by atoms with E-state index in [-0.39, 0.29) is 58.8 Å². The molecule has 1 heteroatoms. The van der Waals surface area contributed by atoms with Crippen molar-refractivity contribution in [1.82, 2.24) is 0 Å². The van der Waals surface area contributed by atoms with Crippen LogP contribution in [0.2, 0.25) is 0 Å². The van der Waals surface area contributed by atoms with E-state index in [1.165, 1.54) is 51.4 Å². The predicted octanol–water partition coefficient (Wildman–Crippen LogP) is 1.21. The molecular formula is C11H23K. The fraction of sp³-hybridized carbons (Fsp3) is 0.909. The molecule has 0 saturated heterocycles. The smallest absolute Gasteiger partial charge is 0.358 e. The molecule has 0 radical (unpaired) electrons. The molecule has 12 heavy (non-hydrogen) atoms. The summed E-state index contributed by atoms with van der Waals surface area (Å²) in [5, 5.41) is 0. The van der Waals surface area contributed by atoms with Gasteiger partial charge in [0.15, 0.2) is 0 Å². The van der Waals surface area contributed by atoms with Crippen LogP contribution in [-0.4, -0.2) is 0 Å². The van der Waals surface area contributed by atoms with Crippen LogP contribution >= 0.6 is 0 Å². The molecule has 0 unspecified atom stereocenters. The summed E-state index contributed by atoms with van der Waals surface area (Å²) < 4.78 is 0. The van der Waals surface area contributed by atoms with Crippen LogP contribution in [0.15, 0.2) is 0 Å². The molecule has 0 aromatic carbocycles. The van der Waals surface area contributed by atoms with Crippen molar-refractivity contribution in [1.29, 1.82) is 0 Å². The van der Waals surface area contributed by atoms with E-state index in [2.05, 4.69) is 6.92 Å². The fourth-order valence-corrected chi connectivity index (χ4v) is 1.98. The maximum atomic E-state index is 2.29. The Morgan fingerprint density at radius 2 is 1.67 bits per heavy atom. The van der Waals surface area contributed by atoms with Crippen molar-refractivity contribution in [2.75, 3.05) is 0 Å². The van der Waals surface area contributed by atoms with Gasteiger partial charge in [-0.2, -0.15) is 0 Å². The van der Waals surface area contributed by atoms with Crippen molar-refractivity contribution in [3.05, 3.63) is 7.43 Å². The molecule has 0 heterocycles. The molecule has 0 aliphatic heterocycles. The molecule has 68 valence electrons. The van der Waals surface area contributed by atoms with Gasteiger partial charge in [-0.15, -0.1) is 0 Å². The summed E-state index contributed by atoms with van der Waals surface area (Å²) in [7, 11) is 0. The summed E-state index contributed by atoms with van der Waals surface area (Å²) in [6.07, 6.45) is 11.9. The van der Waals surface area contributed by atoms with E-state index in [0.717, 1.165) is 5.92 Å². The quantitative estimate of drug-likeness (QED) is 0.358. The molecule has 1 rings (SSSR count). The van der Waals surface area contributed by atoms with Crippen LogP contribution in [0.5, 0.6) is 0 Å². The largest absolute Gasteiger partial charge is 1.00 e. The molecule has 0 atom stereocenters. The van der Waals surface area contributed by atoms with Crippen molar-refractivity contribution in [2.45, 2.75) is 58.3 Å². The topological polar surface area (TPSA) is 0 Å². The first kappa shape index (κ1) is 16.1. The Hall–Kier alpha value is 1.64. The Labute approximate surface area is 121 Å². The maximum absolute atomic E-state index is 2.29. The Bertz CT molecular complexity index is 75.1. The van der Waals surface area contributed by atoms with E-state index in [9.17, 15) is 0 Å². The van der Waals surface area contributed by atoms with E-state index in [0.29, 0.717) is 0 Å². The van der Waals surface area contributed by atoms with Gasteiger partial charge < -0.3 is 7.43 Å².